The molecule has 4 heteroatoms. The van der Waals surface area contributed by atoms with E-state index in [1.165, 1.54) is 0 Å². The van der Waals surface area contributed by atoms with Crippen LogP contribution in [0.2, 0.25) is 0 Å². The number of aliphatic hydroxyl groups is 1. The molecule has 0 radical (unpaired) electrons. The van der Waals surface area contributed by atoms with Crippen LogP contribution in [0.1, 0.15) is 61.3 Å². The number of piperidine rings is 1. The van der Waals surface area contributed by atoms with Crippen LogP contribution < -0.4 is 0 Å². The average Bonchev–Trinajstić information content (AvgIpc) is 2.11. The maximum atomic E-state index is 12.4. The van der Waals surface area contributed by atoms with E-state index in [1.54, 1.807) is 18.7 Å². The van der Waals surface area contributed by atoms with Crippen LogP contribution in [0.5, 0.6) is 0 Å². The monoisotopic (exact) mass is 271 g/mol. The second-order valence-corrected chi connectivity index (χ2v) is 7.98. The third-order valence-electron chi connectivity index (χ3n) is 3.51. The molecule has 1 rings (SSSR count). The molecule has 1 aliphatic heterocycles. The highest BCUT2D eigenvalue weighted by Crippen LogP contribution is 2.36. The average molecular weight is 271 g/mol. The number of rotatable bonds is 1. The molecule has 0 spiro atoms. The van der Waals surface area contributed by atoms with Gasteiger partial charge in [0.05, 0.1) is 11.6 Å². The van der Waals surface area contributed by atoms with Gasteiger partial charge in [0.1, 0.15) is 5.60 Å². The summed E-state index contributed by atoms with van der Waals surface area (Å²) >= 11 is 0. The standard InChI is InChI=1S/C15H29NO3/c1-13(2,3)19-12(17)16-10-14(4,5)9-8-11(16)15(6,7)18/h11,18H,8-10H2,1-7H3. The quantitative estimate of drug-likeness (QED) is 0.797. The van der Waals surface area contributed by atoms with Gasteiger partial charge in [0.15, 0.2) is 0 Å². The van der Waals surface area contributed by atoms with Gasteiger partial charge in [-0.3, -0.25) is 0 Å². The van der Waals surface area contributed by atoms with Crippen LogP contribution in [-0.4, -0.2) is 39.9 Å². The van der Waals surface area contributed by atoms with E-state index in [1.807, 2.05) is 20.8 Å². The minimum absolute atomic E-state index is 0.0681. The van der Waals surface area contributed by atoms with E-state index in [0.29, 0.717) is 6.54 Å². The number of ether oxygens (including phenoxy) is 1. The minimum atomic E-state index is -0.909. The van der Waals surface area contributed by atoms with E-state index in [2.05, 4.69) is 13.8 Å². The molecule has 1 unspecified atom stereocenters. The number of hydrogen-bond donors (Lipinski definition) is 1. The predicted octanol–water partition coefficient (Wildman–Crippen LogP) is 3.18. The fraction of sp³-hybridized carbons (Fsp3) is 0.933. The van der Waals surface area contributed by atoms with Crippen molar-refractivity contribution in [3.8, 4) is 0 Å². The number of hydrogen-bond acceptors (Lipinski definition) is 3. The van der Waals surface area contributed by atoms with Crippen LogP contribution in [0.15, 0.2) is 0 Å². The summed E-state index contributed by atoms with van der Waals surface area (Å²) in [5.41, 5.74) is -1.35. The van der Waals surface area contributed by atoms with Crippen molar-refractivity contribution in [2.45, 2.75) is 78.6 Å². The van der Waals surface area contributed by atoms with Crippen molar-refractivity contribution in [3.63, 3.8) is 0 Å². The van der Waals surface area contributed by atoms with Crippen molar-refractivity contribution in [3.05, 3.63) is 0 Å². The highest BCUT2D eigenvalue weighted by Gasteiger charge is 2.43. The molecule has 19 heavy (non-hydrogen) atoms. The normalized spacial score (nSPS) is 24.2. The molecule has 0 saturated carbocycles. The molecule has 0 aromatic heterocycles. The Bertz CT molecular complexity index is 336. The van der Waals surface area contributed by atoms with E-state index >= 15 is 0 Å². The van der Waals surface area contributed by atoms with Crippen LogP contribution in [0.3, 0.4) is 0 Å². The molecule has 1 aliphatic rings. The number of amides is 1. The van der Waals surface area contributed by atoms with Gasteiger partial charge < -0.3 is 14.7 Å². The molecule has 4 nitrogen and oxygen atoms in total. The lowest BCUT2D eigenvalue weighted by Gasteiger charge is -2.47. The van der Waals surface area contributed by atoms with Gasteiger partial charge in [0.2, 0.25) is 0 Å². The van der Waals surface area contributed by atoms with Crippen molar-refractivity contribution in [1.82, 2.24) is 4.90 Å². The van der Waals surface area contributed by atoms with Crippen LogP contribution in [0, 0.1) is 5.41 Å². The lowest BCUT2D eigenvalue weighted by Crippen LogP contribution is -2.58. The van der Waals surface area contributed by atoms with E-state index in [9.17, 15) is 9.90 Å². The molecule has 0 bridgehead atoms. The second-order valence-electron chi connectivity index (χ2n) is 7.98. The first-order chi connectivity index (χ1) is 8.32. The summed E-state index contributed by atoms with van der Waals surface area (Å²) in [6, 6.07) is -0.185. The second kappa shape index (κ2) is 4.97. The first-order valence-corrected chi connectivity index (χ1v) is 7.04. The van der Waals surface area contributed by atoms with Crippen molar-refractivity contribution in [2.24, 2.45) is 5.41 Å². The predicted molar refractivity (Wildman–Crippen MR) is 76.0 cm³/mol. The SMILES string of the molecule is CC1(C)CCC(C(C)(C)O)N(C(=O)OC(C)(C)C)C1. The Balaban J connectivity index is 2.92. The summed E-state index contributed by atoms with van der Waals surface area (Å²) in [7, 11) is 0. The lowest BCUT2D eigenvalue weighted by molar-refractivity contribution is -0.0686. The molecule has 1 saturated heterocycles. The Labute approximate surface area is 117 Å². The van der Waals surface area contributed by atoms with E-state index < -0.39 is 11.2 Å². The van der Waals surface area contributed by atoms with Crippen molar-refractivity contribution >= 4 is 6.09 Å². The lowest BCUT2D eigenvalue weighted by atomic mass is 9.77. The Morgan fingerprint density at radius 1 is 1.26 bits per heavy atom. The van der Waals surface area contributed by atoms with Crippen LogP contribution in [0.4, 0.5) is 4.79 Å². The van der Waals surface area contributed by atoms with Crippen molar-refractivity contribution in [1.29, 1.82) is 0 Å². The van der Waals surface area contributed by atoms with Crippen LogP contribution in [0.25, 0.3) is 0 Å². The van der Waals surface area contributed by atoms with Crippen LogP contribution >= 0.6 is 0 Å². The van der Waals surface area contributed by atoms with Gasteiger partial charge in [-0.25, -0.2) is 4.79 Å². The number of carbonyl (C=O) groups excluding carboxylic acids is 1. The smallest absolute Gasteiger partial charge is 0.410 e. The van der Waals surface area contributed by atoms with Gasteiger partial charge in [-0.2, -0.15) is 0 Å². The maximum Gasteiger partial charge on any atom is 0.410 e. The molecule has 0 aliphatic carbocycles. The third kappa shape index (κ3) is 4.68. The minimum Gasteiger partial charge on any atom is -0.444 e. The number of likely N-dealkylation sites (tertiary alicyclic amines) is 1. The summed E-state index contributed by atoms with van der Waals surface area (Å²) < 4.78 is 5.47. The molecule has 1 amide bonds. The summed E-state index contributed by atoms with van der Waals surface area (Å²) in [6.45, 7) is 14.0. The third-order valence-corrected chi connectivity index (χ3v) is 3.51. The van der Waals surface area contributed by atoms with E-state index in [-0.39, 0.29) is 17.6 Å². The van der Waals surface area contributed by atoms with Gasteiger partial charge in [-0.15, -0.1) is 0 Å². The molecule has 112 valence electrons. The van der Waals surface area contributed by atoms with Crippen molar-refractivity contribution in [2.75, 3.05) is 6.54 Å². The molecule has 1 fully saturated rings. The Hall–Kier alpha value is -0.770. The molecule has 0 aromatic rings. The number of nitrogens with zero attached hydrogens (tertiary/aromatic N) is 1. The highest BCUT2D eigenvalue weighted by atomic mass is 16.6. The summed E-state index contributed by atoms with van der Waals surface area (Å²) in [6.07, 6.45) is 1.48. The molecule has 1 N–H and O–H groups in total. The zero-order valence-corrected chi connectivity index (χ0v) is 13.4. The number of carbonyl (C=O) groups is 1. The zero-order chi connectivity index (χ0) is 15.1. The highest BCUT2D eigenvalue weighted by molar-refractivity contribution is 5.69. The Kier molecular flexibility index (Phi) is 4.26. The fourth-order valence-electron chi connectivity index (χ4n) is 2.58. The Morgan fingerprint density at radius 3 is 2.21 bits per heavy atom. The molecule has 1 atom stereocenters. The van der Waals surface area contributed by atoms with Crippen LogP contribution in [-0.2, 0) is 4.74 Å². The van der Waals surface area contributed by atoms with Gasteiger partial charge in [0, 0.05) is 6.54 Å². The summed E-state index contributed by atoms with van der Waals surface area (Å²) in [4.78, 5) is 14.1. The fourth-order valence-corrected chi connectivity index (χ4v) is 2.58. The van der Waals surface area contributed by atoms with E-state index in [4.69, 9.17) is 4.74 Å². The van der Waals surface area contributed by atoms with Gasteiger partial charge >= 0.3 is 6.09 Å². The topological polar surface area (TPSA) is 49.8 Å². The van der Waals surface area contributed by atoms with E-state index in [0.717, 1.165) is 12.8 Å². The van der Waals surface area contributed by atoms with Crippen molar-refractivity contribution < 1.29 is 14.6 Å². The summed E-state index contributed by atoms with van der Waals surface area (Å²) in [5, 5.41) is 10.3. The van der Waals surface area contributed by atoms with Gasteiger partial charge in [-0.1, -0.05) is 13.8 Å². The first-order valence-electron chi connectivity index (χ1n) is 7.04. The first kappa shape index (κ1) is 16.3. The summed E-state index contributed by atoms with van der Waals surface area (Å²) in [5.74, 6) is 0. The van der Waals surface area contributed by atoms with Gasteiger partial charge in [-0.05, 0) is 52.9 Å². The molecule has 1 heterocycles. The molecular formula is C15H29NO3. The largest absolute Gasteiger partial charge is 0.444 e. The zero-order valence-electron chi connectivity index (χ0n) is 13.4. The molecule has 0 aromatic carbocycles. The maximum absolute atomic E-state index is 12.4. The molecular weight excluding hydrogens is 242 g/mol. The van der Waals surface area contributed by atoms with Gasteiger partial charge in [0.25, 0.3) is 0 Å². The Morgan fingerprint density at radius 2 is 1.79 bits per heavy atom.